The minimum atomic E-state index is -0.188. The molecule has 0 saturated heterocycles. The largest absolute Gasteiger partial charge is 0.334 e. The summed E-state index contributed by atoms with van der Waals surface area (Å²) in [7, 11) is 0. The van der Waals surface area contributed by atoms with Crippen molar-refractivity contribution in [3.05, 3.63) is 70.3 Å². The standard InChI is InChI=1S/C20H21N3O/c1-14(17-8-5-15(12-21)6-9-17)23-20(24)22-13-16-7-10-18-3-2-4-19(18)11-16/h5-11,14H,2-4,13H2,1H3,(H2,22,23,24). The van der Waals surface area contributed by atoms with Crippen LogP contribution in [0.2, 0.25) is 0 Å². The smallest absolute Gasteiger partial charge is 0.315 e. The van der Waals surface area contributed by atoms with E-state index in [9.17, 15) is 4.79 Å². The molecule has 0 heterocycles. The van der Waals surface area contributed by atoms with Gasteiger partial charge in [0, 0.05) is 6.54 Å². The highest BCUT2D eigenvalue weighted by Gasteiger charge is 2.12. The summed E-state index contributed by atoms with van der Waals surface area (Å²) < 4.78 is 0. The van der Waals surface area contributed by atoms with Crippen LogP contribution in [-0.2, 0) is 19.4 Å². The van der Waals surface area contributed by atoms with Crippen LogP contribution in [0.4, 0.5) is 4.79 Å². The molecule has 2 aromatic carbocycles. The normalized spacial score (nSPS) is 13.7. The lowest BCUT2D eigenvalue weighted by Crippen LogP contribution is -2.36. The molecule has 122 valence electrons. The molecule has 0 aliphatic heterocycles. The summed E-state index contributed by atoms with van der Waals surface area (Å²) in [4.78, 5) is 12.1. The molecule has 2 aromatic rings. The third-order valence-corrected chi connectivity index (χ3v) is 4.50. The summed E-state index contributed by atoms with van der Waals surface area (Å²) in [5, 5.41) is 14.7. The highest BCUT2D eigenvalue weighted by atomic mass is 16.2. The summed E-state index contributed by atoms with van der Waals surface area (Å²) >= 11 is 0. The number of aryl methyl sites for hydroxylation is 2. The number of benzene rings is 2. The van der Waals surface area contributed by atoms with Crippen LogP contribution in [0.1, 0.15) is 47.2 Å². The monoisotopic (exact) mass is 319 g/mol. The van der Waals surface area contributed by atoms with Crippen LogP contribution in [0, 0.1) is 11.3 Å². The molecule has 4 nitrogen and oxygen atoms in total. The van der Waals surface area contributed by atoms with Gasteiger partial charge in [-0.1, -0.05) is 30.3 Å². The Kier molecular flexibility index (Phi) is 4.81. The van der Waals surface area contributed by atoms with Gasteiger partial charge in [0.25, 0.3) is 0 Å². The van der Waals surface area contributed by atoms with Crippen molar-refractivity contribution in [1.82, 2.24) is 10.6 Å². The molecule has 0 spiro atoms. The predicted octanol–water partition coefficient (Wildman–Crippen LogP) is 3.61. The first kappa shape index (κ1) is 16.1. The van der Waals surface area contributed by atoms with E-state index in [0.717, 1.165) is 17.5 Å². The molecule has 0 fully saturated rings. The van der Waals surface area contributed by atoms with Gasteiger partial charge in [-0.05, 0) is 60.6 Å². The average molecular weight is 319 g/mol. The van der Waals surface area contributed by atoms with E-state index < -0.39 is 0 Å². The molecule has 1 aliphatic rings. The van der Waals surface area contributed by atoms with Gasteiger partial charge in [-0.15, -0.1) is 0 Å². The van der Waals surface area contributed by atoms with Crippen LogP contribution in [0.15, 0.2) is 42.5 Å². The lowest BCUT2D eigenvalue weighted by Gasteiger charge is -2.15. The molecule has 0 radical (unpaired) electrons. The summed E-state index contributed by atoms with van der Waals surface area (Å²) in [6.07, 6.45) is 3.55. The Labute approximate surface area is 142 Å². The first-order valence-electron chi connectivity index (χ1n) is 8.31. The number of rotatable bonds is 4. The molecule has 1 atom stereocenters. The van der Waals surface area contributed by atoms with Crippen LogP contribution < -0.4 is 10.6 Å². The minimum absolute atomic E-state index is 0.113. The van der Waals surface area contributed by atoms with Gasteiger partial charge in [-0.3, -0.25) is 0 Å². The number of urea groups is 1. The molecule has 24 heavy (non-hydrogen) atoms. The number of fused-ring (bicyclic) bond motifs is 1. The summed E-state index contributed by atoms with van der Waals surface area (Å²) in [5.74, 6) is 0. The second-order valence-electron chi connectivity index (χ2n) is 6.24. The lowest BCUT2D eigenvalue weighted by atomic mass is 10.1. The van der Waals surface area contributed by atoms with Crippen LogP contribution in [-0.4, -0.2) is 6.03 Å². The molecule has 1 aliphatic carbocycles. The quantitative estimate of drug-likeness (QED) is 0.904. The maximum Gasteiger partial charge on any atom is 0.315 e. The van der Waals surface area contributed by atoms with Crippen LogP contribution in [0.5, 0.6) is 0 Å². The Morgan fingerprint density at radius 2 is 1.92 bits per heavy atom. The second kappa shape index (κ2) is 7.18. The zero-order valence-electron chi connectivity index (χ0n) is 13.8. The third-order valence-electron chi connectivity index (χ3n) is 4.50. The molecule has 0 aromatic heterocycles. The van der Waals surface area contributed by atoms with Crippen LogP contribution in [0.25, 0.3) is 0 Å². The number of nitrogens with zero attached hydrogens (tertiary/aromatic N) is 1. The maximum absolute atomic E-state index is 12.1. The highest BCUT2D eigenvalue weighted by Crippen LogP contribution is 2.22. The molecule has 1 unspecified atom stereocenters. The second-order valence-corrected chi connectivity index (χ2v) is 6.24. The molecular weight excluding hydrogens is 298 g/mol. The summed E-state index contributed by atoms with van der Waals surface area (Å²) in [6, 6.07) is 15.5. The fourth-order valence-electron chi connectivity index (χ4n) is 3.09. The molecule has 0 bridgehead atoms. The van der Waals surface area contributed by atoms with E-state index in [1.807, 2.05) is 19.1 Å². The van der Waals surface area contributed by atoms with Crippen molar-refractivity contribution in [1.29, 1.82) is 5.26 Å². The first-order chi connectivity index (χ1) is 11.7. The van der Waals surface area contributed by atoms with Gasteiger partial charge in [0.2, 0.25) is 0 Å². The lowest BCUT2D eigenvalue weighted by molar-refractivity contribution is 0.237. The van der Waals surface area contributed by atoms with Crippen molar-refractivity contribution in [3.8, 4) is 6.07 Å². The van der Waals surface area contributed by atoms with E-state index >= 15 is 0 Å². The summed E-state index contributed by atoms with van der Waals surface area (Å²) in [6.45, 7) is 2.45. The van der Waals surface area contributed by atoms with E-state index in [1.165, 1.54) is 24.0 Å². The molecule has 4 heteroatoms. The van der Waals surface area contributed by atoms with Gasteiger partial charge in [-0.25, -0.2) is 4.79 Å². The Morgan fingerprint density at radius 1 is 1.17 bits per heavy atom. The van der Waals surface area contributed by atoms with Gasteiger partial charge < -0.3 is 10.6 Å². The Balaban J connectivity index is 1.52. The van der Waals surface area contributed by atoms with Gasteiger partial charge in [-0.2, -0.15) is 5.26 Å². The van der Waals surface area contributed by atoms with Crippen LogP contribution >= 0.6 is 0 Å². The number of amides is 2. The van der Waals surface area contributed by atoms with Gasteiger partial charge in [0.15, 0.2) is 0 Å². The minimum Gasteiger partial charge on any atom is -0.334 e. The number of hydrogen-bond acceptors (Lipinski definition) is 2. The fraction of sp³-hybridized carbons (Fsp3) is 0.300. The van der Waals surface area contributed by atoms with Crippen molar-refractivity contribution in [2.75, 3.05) is 0 Å². The van der Waals surface area contributed by atoms with E-state index in [-0.39, 0.29) is 12.1 Å². The van der Waals surface area contributed by atoms with E-state index in [1.54, 1.807) is 12.1 Å². The fourth-order valence-corrected chi connectivity index (χ4v) is 3.09. The summed E-state index contributed by atoms with van der Waals surface area (Å²) in [5.41, 5.74) is 5.59. The van der Waals surface area contributed by atoms with E-state index in [4.69, 9.17) is 5.26 Å². The topological polar surface area (TPSA) is 64.9 Å². The van der Waals surface area contributed by atoms with Gasteiger partial charge in [0.05, 0.1) is 17.7 Å². The van der Waals surface area contributed by atoms with Crippen molar-refractivity contribution in [2.24, 2.45) is 0 Å². The predicted molar refractivity (Wildman–Crippen MR) is 93.4 cm³/mol. The first-order valence-corrected chi connectivity index (χ1v) is 8.31. The number of nitriles is 1. The van der Waals surface area contributed by atoms with Gasteiger partial charge in [0.1, 0.15) is 0 Å². The van der Waals surface area contributed by atoms with Crippen LogP contribution in [0.3, 0.4) is 0 Å². The molecule has 2 amide bonds. The molecule has 2 N–H and O–H groups in total. The van der Waals surface area contributed by atoms with Crippen molar-refractivity contribution in [3.63, 3.8) is 0 Å². The van der Waals surface area contributed by atoms with E-state index in [2.05, 4.69) is 34.9 Å². The Bertz CT molecular complexity index is 774. The van der Waals surface area contributed by atoms with E-state index in [0.29, 0.717) is 12.1 Å². The number of nitrogens with one attached hydrogen (secondary N) is 2. The molecule has 0 saturated carbocycles. The zero-order chi connectivity index (χ0) is 16.9. The number of carbonyl (C=O) groups is 1. The highest BCUT2D eigenvalue weighted by molar-refractivity contribution is 5.74. The number of carbonyl (C=O) groups excluding carboxylic acids is 1. The van der Waals surface area contributed by atoms with Gasteiger partial charge >= 0.3 is 6.03 Å². The molecule has 3 rings (SSSR count). The van der Waals surface area contributed by atoms with Crippen molar-refractivity contribution >= 4 is 6.03 Å². The Morgan fingerprint density at radius 3 is 2.67 bits per heavy atom. The SMILES string of the molecule is CC(NC(=O)NCc1ccc2c(c1)CCC2)c1ccc(C#N)cc1. The Hall–Kier alpha value is -2.80. The molecular formula is C20H21N3O. The average Bonchev–Trinajstić information content (AvgIpc) is 3.07. The zero-order valence-corrected chi connectivity index (χ0v) is 13.8. The maximum atomic E-state index is 12.1. The van der Waals surface area contributed by atoms with Crippen molar-refractivity contribution in [2.45, 2.75) is 38.8 Å². The number of hydrogen-bond donors (Lipinski definition) is 2. The van der Waals surface area contributed by atoms with Crippen molar-refractivity contribution < 1.29 is 4.79 Å². The third kappa shape index (κ3) is 3.75.